The Morgan fingerprint density at radius 3 is 2.32 bits per heavy atom. The zero-order chi connectivity index (χ0) is 18.2. The first-order valence-electron chi connectivity index (χ1n) is 8.54. The van der Waals surface area contributed by atoms with E-state index in [0.717, 1.165) is 33.8 Å². The molecule has 2 aromatic carbocycles. The molecule has 0 aliphatic carbocycles. The van der Waals surface area contributed by atoms with Crippen molar-refractivity contribution in [3.63, 3.8) is 0 Å². The summed E-state index contributed by atoms with van der Waals surface area (Å²) in [6, 6.07) is 12.5. The lowest BCUT2D eigenvalue weighted by Crippen LogP contribution is -2.18. The van der Waals surface area contributed by atoms with Gasteiger partial charge < -0.3 is 19.5 Å². The molecule has 0 bridgehead atoms. The molecule has 0 aliphatic heterocycles. The number of nitrogens with one attached hydrogen (secondary N) is 1. The van der Waals surface area contributed by atoms with E-state index in [1.165, 1.54) is 5.56 Å². The van der Waals surface area contributed by atoms with Crippen molar-refractivity contribution < 1.29 is 14.2 Å². The van der Waals surface area contributed by atoms with Gasteiger partial charge in [0.05, 0.1) is 24.8 Å². The van der Waals surface area contributed by atoms with Crippen molar-refractivity contribution >= 4 is 15.9 Å². The minimum absolute atomic E-state index is 0.229. The van der Waals surface area contributed by atoms with Crippen LogP contribution >= 0.6 is 15.9 Å². The molecular weight excluding hydrogens is 382 g/mol. The van der Waals surface area contributed by atoms with Gasteiger partial charge in [-0.15, -0.1) is 0 Å². The second kappa shape index (κ2) is 9.68. The van der Waals surface area contributed by atoms with Gasteiger partial charge in [0.15, 0.2) is 11.5 Å². The van der Waals surface area contributed by atoms with Crippen LogP contribution in [-0.4, -0.2) is 20.3 Å². The second-order valence-corrected chi connectivity index (χ2v) is 6.50. The highest BCUT2D eigenvalue weighted by molar-refractivity contribution is 9.10. The van der Waals surface area contributed by atoms with Crippen LogP contribution in [0.5, 0.6) is 17.2 Å². The molecule has 0 fully saturated rings. The Morgan fingerprint density at radius 2 is 1.72 bits per heavy atom. The molecule has 5 heteroatoms. The molecule has 0 saturated carbocycles. The first-order chi connectivity index (χ1) is 12.1. The fourth-order valence-corrected chi connectivity index (χ4v) is 3.24. The SMILES string of the molecule is CCOc1ccc(C(C)NCc2cc(Br)c(OC)c(OCC)c2)cc1. The molecule has 2 rings (SSSR count). The maximum atomic E-state index is 5.68. The third kappa shape index (κ3) is 5.38. The molecular formula is C20H26BrNO3. The molecule has 0 spiro atoms. The maximum absolute atomic E-state index is 5.68. The summed E-state index contributed by atoms with van der Waals surface area (Å²) >= 11 is 3.56. The number of halogens is 1. The molecule has 0 heterocycles. The third-order valence-electron chi connectivity index (χ3n) is 3.88. The van der Waals surface area contributed by atoms with E-state index in [4.69, 9.17) is 14.2 Å². The van der Waals surface area contributed by atoms with Crippen LogP contribution in [-0.2, 0) is 6.54 Å². The predicted molar refractivity (Wildman–Crippen MR) is 105 cm³/mol. The number of benzene rings is 2. The van der Waals surface area contributed by atoms with E-state index in [0.29, 0.717) is 13.2 Å². The van der Waals surface area contributed by atoms with Crippen molar-refractivity contribution in [3.05, 3.63) is 52.0 Å². The highest BCUT2D eigenvalue weighted by atomic mass is 79.9. The van der Waals surface area contributed by atoms with Crippen LogP contribution in [0.3, 0.4) is 0 Å². The first kappa shape index (κ1) is 19.6. The van der Waals surface area contributed by atoms with E-state index in [1.54, 1.807) is 7.11 Å². The lowest BCUT2D eigenvalue weighted by molar-refractivity contribution is 0.309. The minimum Gasteiger partial charge on any atom is -0.494 e. The van der Waals surface area contributed by atoms with E-state index in [-0.39, 0.29) is 6.04 Å². The van der Waals surface area contributed by atoms with Crippen LogP contribution in [0.4, 0.5) is 0 Å². The zero-order valence-electron chi connectivity index (χ0n) is 15.3. The Balaban J connectivity index is 2.04. The molecule has 0 amide bonds. The van der Waals surface area contributed by atoms with Gasteiger partial charge in [-0.25, -0.2) is 0 Å². The van der Waals surface area contributed by atoms with Gasteiger partial charge in [0.25, 0.3) is 0 Å². The molecule has 0 radical (unpaired) electrons. The van der Waals surface area contributed by atoms with Gasteiger partial charge in [-0.3, -0.25) is 0 Å². The normalized spacial score (nSPS) is 11.9. The largest absolute Gasteiger partial charge is 0.494 e. The number of hydrogen-bond donors (Lipinski definition) is 1. The number of methoxy groups -OCH3 is 1. The summed E-state index contributed by atoms with van der Waals surface area (Å²) in [5, 5.41) is 3.54. The maximum Gasteiger partial charge on any atom is 0.174 e. The Bertz CT molecular complexity index is 673. The standard InChI is InChI=1S/C20H26BrNO3/c1-5-24-17-9-7-16(8-10-17)14(3)22-13-15-11-18(21)20(23-4)19(12-15)25-6-2/h7-12,14,22H,5-6,13H2,1-4H3. The summed E-state index contributed by atoms with van der Waals surface area (Å²) in [7, 11) is 1.65. The summed E-state index contributed by atoms with van der Waals surface area (Å²) in [4.78, 5) is 0. The molecule has 0 aromatic heterocycles. The third-order valence-corrected chi connectivity index (χ3v) is 4.47. The molecule has 2 aromatic rings. The summed E-state index contributed by atoms with van der Waals surface area (Å²) in [6.45, 7) is 8.12. The van der Waals surface area contributed by atoms with Gasteiger partial charge in [0, 0.05) is 12.6 Å². The van der Waals surface area contributed by atoms with Crippen molar-refractivity contribution in [2.75, 3.05) is 20.3 Å². The van der Waals surface area contributed by atoms with Crippen molar-refractivity contribution in [1.29, 1.82) is 0 Å². The van der Waals surface area contributed by atoms with Crippen molar-refractivity contribution in [2.24, 2.45) is 0 Å². The van der Waals surface area contributed by atoms with Gasteiger partial charge in [0.2, 0.25) is 0 Å². The van der Waals surface area contributed by atoms with E-state index in [9.17, 15) is 0 Å². The second-order valence-electron chi connectivity index (χ2n) is 5.65. The average Bonchev–Trinajstić information content (AvgIpc) is 2.61. The summed E-state index contributed by atoms with van der Waals surface area (Å²) in [5.41, 5.74) is 2.36. The fraction of sp³-hybridized carbons (Fsp3) is 0.400. The topological polar surface area (TPSA) is 39.7 Å². The molecule has 25 heavy (non-hydrogen) atoms. The van der Waals surface area contributed by atoms with Gasteiger partial charge in [-0.2, -0.15) is 0 Å². The van der Waals surface area contributed by atoms with Crippen LogP contribution in [0.1, 0.15) is 37.9 Å². The van der Waals surface area contributed by atoms with Gasteiger partial charge in [-0.05, 0) is 72.1 Å². The molecule has 0 saturated heterocycles. The van der Waals surface area contributed by atoms with E-state index in [2.05, 4.69) is 46.4 Å². The van der Waals surface area contributed by atoms with Crippen LogP contribution in [0.25, 0.3) is 0 Å². The van der Waals surface area contributed by atoms with Crippen molar-refractivity contribution in [2.45, 2.75) is 33.4 Å². The molecule has 136 valence electrons. The van der Waals surface area contributed by atoms with E-state index in [1.807, 2.05) is 32.0 Å². The Hall–Kier alpha value is -1.72. The smallest absolute Gasteiger partial charge is 0.174 e. The lowest BCUT2D eigenvalue weighted by atomic mass is 10.1. The quantitative estimate of drug-likeness (QED) is 0.626. The molecule has 1 N–H and O–H groups in total. The van der Waals surface area contributed by atoms with Crippen LogP contribution in [0.15, 0.2) is 40.9 Å². The number of hydrogen-bond acceptors (Lipinski definition) is 4. The van der Waals surface area contributed by atoms with Crippen LogP contribution < -0.4 is 19.5 Å². The fourth-order valence-electron chi connectivity index (χ4n) is 2.59. The summed E-state index contributed by atoms with van der Waals surface area (Å²) < 4.78 is 17.5. The molecule has 0 aliphatic rings. The Labute approximate surface area is 158 Å². The van der Waals surface area contributed by atoms with E-state index >= 15 is 0 Å². The Morgan fingerprint density at radius 1 is 1.04 bits per heavy atom. The van der Waals surface area contributed by atoms with Crippen LogP contribution in [0, 0.1) is 0 Å². The molecule has 1 unspecified atom stereocenters. The lowest BCUT2D eigenvalue weighted by Gasteiger charge is -2.17. The molecule has 4 nitrogen and oxygen atoms in total. The van der Waals surface area contributed by atoms with Crippen LogP contribution in [0.2, 0.25) is 0 Å². The van der Waals surface area contributed by atoms with Gasteiger partial charge >= 0.3 is 0 Å². The highest BCUT2D eigenvalue weighted by Gasteiger charge is 2.12. The zero-order valence-corrected chi connectivity index (χ0v) is 16.9. The predicted octanol–water partition coefficient (Wildman–Crippen LogP) is 5.11. The van der Waals surface area contributed by atoms with Crippen molar-refractivity contribution in [1.82, 2.24) is 5.32 Å². The number of ether oxygens (including phenoxy) is 3. The Kier molecular flexibility index (Phi) is 7.59. The van der Waals surface area contributed by atoms with Crippen molar-refractivity contribution in [3.8, 4) is 17.2 Å². The summed E-state index contributed by atoms with van der Waals surface area (Å²) in [5.74, 6) is 2.38. The highest BCUT2D eigenvalue weighted by Crippen LogP contribution is 2.36. The number of rotatable bonds is 9. The minimum atomic E-state index is 0.229. The monoisotopic (exact) mass is 407 g/mol. The van der Waals surface area contributed by atoms with E-state index < -0.39 is 0 Å². The van der Waals surface area contributed by atoms with Gasteiger partial charge in [0.1, 0.15) is 5.75 Å². The molecule has 1 atom stereocenters. The summed E-state index contributed by atoms with van der Waals surface area (Å²) in [6.07, 6.45) is 0. The average molecular weight is 408 g/mol. The first-order valence-corrected chi connectivity index (χ1v) is 9.33. The van der Waals surface area contributed by atoms with Gasteiger partial charge in [-0.1, -0.05) is 12.1 Å².